The number of fused-ring (bicyclic) bond motifs is 1. The molecule has 2 N–H and O–H groups in total. The first kappa shape index (κ1) is 25.2. The van der Waals surface area contributed by atoms with Crippen LogP contribution in [0.1, 0.15) is 53.9 Å². The number of ether oxygens (including phenoxy) is 1. The van der Waals surface area contributed by atoms with E-state index in [1.807, 2.05) is 24.3 Å². The summed E-state index contributed by atoms with van der Waals surface area (Å²) in [5.74, 6) is -0.175. The Kier molecular flexibility index (Phi) is 7.94. The number of primary amides is 1. The molecule has 0 saturated carbocycles. The molecule has 3 aliphatic rings. The highest BCUT2D eigenvalue weighted by atomic mass is 35.5. The van der Waals surface area contributed by atoms with Crippen LogP contribution in [0.5, 0.6) is 0 Å². The van der Waals surface area contributed by atoms with E-state index in [0.29, 0.717) is 36.9 Å². The summed E-state index contributed by atoms with van der Waals surface area (Å²) < 4.78 is 5.57. The van der Waals surface area contributed by atoms with Crippen molar-refractivity contribution >= 4 is 23.4 Å². The molecular weight excluding hydrogens is 474 g/mol. The van der Waals surface area contributed by atoms with Crippen molar-refractivity contribution in [3.05, 3.63) is 69.7 Å². The Bertz CT molecular complexity index is 1080. The molecule has 2 aromatic rings. The number of nitrogens with two attached hydrogens (primary N) is 1. The van der Waals surface area contributed by atoms with Crippen molar-refractivity contribution in [1.29, 1.82) is 0 Å². The standard InChI is InChI=1S/C29H36ClN3O3/c30-23-8-4-20(5-9-23)6-11-28(34)33-13-12-22(18-27(33)29(31)35)25-3-1-2-21-7-10-24(19-26(21)25)32-14-16-36-17-15-32/h1-5,8-9,22,24,27H,6-7,10-19H2,(H2,31,35). The van der Waals surface area contributed by atoms with Crippen LogP contribution in [0.25, 0.3) is 0 Å². The summed E-state index contributed by atoms with van der Waals surface area (Å²) in [5, 5.41) is 0.681. The van der Waals surface area contributed by atoms with Gasteiger partial charge in [-0.2, -0.15) is 0 Å². The average molecular weight is 510 g/mol. The summed E-state index contributed by atoms with van der Waals surface area (Å²) >= 11 is 5.97. The van der Waals surface area contributed by atoms with Crippen LogP contribution in [0.2, 0.25) is 5.02 Å². The number of carbonyl (C=O) groups excluding carboxylic acids is 2. The van der Waals surface area contributed by atoms with E-state index < -0.39 is 11.9 Å². The average Bonchev–Trinajstić information content (AvgIpc) is 2.92. The molecule has 2 aliphatic heterocycles. The van der Waals surface area contributed by atoms with Crippen molar-refractivity contribution in [2.75, 3.05) is 32.8 Å². The van der Waals surface area contributed by atoms with Gasteiger partial charge in [0.05, 0.1) is 13.2 Å². The number of carbonyl (C=O) groups is 2. The number of aryl methyl sites for hydroxylation is 2. The number of morpholine rings is 1. The molecule has 1 aliphatic carbocycles. The Balaban J connectivity index is 1.28. The third-order valence-electron chi connectivity index (χ3n) is 8.29. The lowest BCUT2D eigenvalue weighted by Gasteiger charge is -2.41. The zero-order valence-electron chi connectivity index (χ0n) is 20.8. The molecule has 36 heavy (non-hydrogen) atoms. The van der Waals surface area contributed by atoms with E-state index in [1.165, 1.54) is 23.1 Å². The predicted molar refractivity (Wildman–Crippen MR) is 141 cm³/mol. The van der Waals surface area contributed by atoms with Crippen molar-refractivity contribution < 1.29 is 14.3 Å². The normalized spacial score (nSPS) is 24.8. The molecule has 5 rings (SSSR count). The number of hydrogen-bond donors (Lipinski definition) is 1. The van der Waals surface area contributed by atoms with Gasteiger partial charge in [0.2, 0.25) is 11.8 Å². The summed E-state index contributed by atoms with van der Waals surface area (Å²) in [7, 11) is 0. The van der Waals surface area contributed by atoms with Gasteiger partial charge in [0.25, 0.3) is 0 Å². The quantitative estimate of drug-likeness (QED) is 0.644. The molecule has 2 aromatic carbocycles. The minimum absolute atomic E-state index is 0.00493. The van der Waals surface area contributed by atoms with E-state index in [1.54, 1.807) is 4.90 Å². The van der Waals surface area contributed by atoms with E-state index in [9.17, 15) is 9.59 Å². The van der Waals surface area contributed by atoms with Crippen LogP contribution in [0, 0.1) is 0 Å². The fourth-order valence-corrected chi connectivity index (χ4v) is 6.42. The number of rotatable bonds is 6. The van der Waals surface area contributed by atoms with E-state index >= 15 is 0 Å². The van der Waals surface area contributed by atoms with Crippen molar-refractivity contribution in [1.82, 2.24) is 9.80 Å². The van der Waals surface area contributed by atoms with Crippen LogP contribution in [-0.2, 0) is 33.6 Å². The number of likely N-dealkylation sites (tertiary alicyclic amines) is 1. The molecule has 2 saturated heterocycles. The first-order valence-corrected chi connectivity index (χ1v) is 13.6. The maximum atomic E-state index is 13.1. The maximum absolute atomic E-state index is 13.1. The highest BCUT2D eigenvalue weighted by molar-refractivity contribution is 6.30. The van der Waals surface area contributed by atoms with E-state index in [4.69, 9.17) is 22.1 Å². The maximum Gasteiger partial charge on any atom is 0.240 e. The van der Waals surface area contributed by atoms with Crippen LogP contribution in [0.15, 0.2) is 42.5 Å². The van der Waals surface area contributed by atoms with E-state index in [2.05, 4.69) is 23.1 Å². The smallest absolute Gasteiger partial charge is 0.240 e. The molecule has 2 heterocycles. The highest BCUT2D eigenvalue weighted by Crippen LogP contribution is 2.38. The molecule has 2 amide bonds. The number of benzene rings is 2. The minimum Gasteiger partial charge on any atom is -0.379 e. The molecule has 3 atom stereocenters. The van der Waals surface area contributed by atoms with Gasteiger partial charge in [-0.1, -0.05) is 41.9 Å². The van der Waals surface area contributed by atoms with Gasteiger partial charge in [-0.05, 0) is 78.8 Å². The van der Waals surface area contributed by atoms with Crippen molar-refractivity contribution in [2.45, 2.75) is 62.9 Å². The molecular formula is C29H36ClN3O3. The summed E-state index contributed by atoms with van der Waals surface area (Å²) in [6, 6.07) is 14.2. The van der Waals surface area contributed by atoms with Gasteiger partial charge in [0.1, 0.15) is 6.04 Å². The van der Waals surface area contributed by atoms with Gasteiger partial charge in [0, 0.05) is 37.1 Å². The number of amides is 2. The SMILES string of the molecule is NC(=O)C1CC(c2cccc3c2CC(N2CCOCC2)CC3)CCN1C(=O)CCc1ccc(Cl)cc1. The summed E-state index contributed by atoms with van der Waals surface area (Å²) in [4.78, 5) is 29.9. The van der Waals surface area contributed by atoms with Gasteiger partial charge in [-0.25, -0.2) is 0 Å². The zero-order valence-corrected chi connectivity index (χ0v) is 21.6. The van der Waals surface area contributed by atoms with Gasteiger partial charge in [-0.15, -0.1) is 0 Å². The van der Waals surface area contributed by atoms with Gasteiger partial charge >= 0.3 is 0 Å². The highest BCUT2D eigenvalue weighted by Gasteiger charge is 2.37. The molecule has 192 valence electrons. The summed E-state index contributed by atoms with van der Waals surface area (Å²) in [6.07, 6.45) is 5.75. The lowest BCUT2D eigenvalue weighted by molar-refractivity contribution is -0.141. The minimum atomic E-state index is -0.559. The Morgan fingerprint density at radius 2 is 1.81 bits per heavy atom. The second-order valence-corrected chi connectivity index (χ2v) is 10.8. The third kappa shape index (κ3) is 5.61. The Morgan fingerprint density at radius 1 is 1.03 bits per heavy atom. The lowest BCUT2D eigenvalue weighted by atomic mass is 9.77. The number of halogens is 1. The molecule has 2 fully saturated rings. The van der Waals surface area contributed by atoms with Crippen LogP contribution < -0.4 is 5.73 Å². The van der Waals surface area contributed by atoms with Crippen LogP contribution >= 0.6 is 11.6 Å². The van der Waals surface area contributed by atoms with Crippen molar-refractivity contribution in [3.8, 4) is 0 Å². The Hall–Kier alpha value is -2.41. The summed E-state index contributed by atoms with van der Waals surface area (Å²) in [6.45, 7) is 4.20. The molecule has 6 nitrogen and oxygen atoms in total. The fraction of sp³-hybridized carbons (Fsp3) is 0.517. The summed E-state index contributed by atoms with van der Waals surface area (Å²) in [5.41, 5.74) is 11.2. The van der Waals surface area contributed by atoms with Crippen molar-refractivity contribution in [2.24, 2.45) is 5.73 Å². The first-order valence-electron chi connectivity index (χ1n) is 13.3. The molecule has 0 aromatic heterocycles. The number of nitrogens with zero attached hydrogens (tertiary/aromatic N) is 2. The van der Waals surface area contributed by atoms with Crippen molar-refractivity contribution in [3.63, 3.8) is 0 Å². The zero-order chi connectivity index (χ0) is 25.1. The molecule has 0 spiro atoms. The number of hydrogen-bond acceptors (Lipinski definition) is 4. The predicted octanol–water partition coefficient (Wildman–Crippen LogP) is 3.72. The van der Waals surface area contributed by atoms with Gasteiger partial charge < -0.3 is 15.4 Å². The topological polar surface area (TPSA) is 75.9 Å². The monoisotopic (exact) mass is 509 g/mol. The fourth-order valence-electron chi connectivity index (χ4n) is 6.30. The molecule has 7 heteroatoms. The largest absolute Gasteiger partial charge is 0.379 e. The molecule has 3 unspecified atom stereocenters. The lowest BCUT2D eigenvalue weighted by Crippen LogP contribution is -2.52. The van der Waals surface area contributed by atoms with E-state index in [0.717, 1.165) is 51.1 Å². The Morgan fingerprint density at radius 3 is 2.56 bits per heavy atom. The number of piperidine rings is 1. The van der Waals surface area contributed by atoms with Gasteiger partial charge in [-0.3, -0.25) is 14.5 Å². The molecule has 0 bridgehead atoms. The first-order chi connectivity index (χ1) is 17.5. The van der Waals surface area contributed by atoms with E-state index in [-0.39, 0.29) is 11.8 Å². The van der Waals surface area contributed by atoms with Crippen LogP contribution in [0.4, 0.5) is 0 Å². The second kappa shape index (κ2) is 11.3. The Labute approximate surface area is 218 Å². The van der Waals surface area contributed by atoms with Gasteiger partial charge in [0.15, 0.2) is 0 Å². The second-order valence-electron chi connectivity index (χ2n) is 10.4. The van der Waals surface area contributed by atoms with Crippen LogP contribution in [0.3, 0.4) is 0 Å². The molecule has 0 radical (unpaired) electrons. The van der Waals surface area contributed by atoms with Crippen LogP contribution in [-0.4, -0.2) is 66.5 Å². The third-order valence-corrected chi connectivity index (χ3v) is 8.54.